The van der Waals surface area contributed by atoms with E-state index in [1.54, 1.807) is 12.1 Å². The van der Waals surface area contributed by atoms with Crippen LogP contribution >= 0.6 is 0 Å². The van der Waals surface area contributed by atoms with Gasteiger partial charge >= 0.3 is 0 Å². The zero-order valence-electron chi connectivity index (χ0n) is 12.9. The first-order valence-electron chi connectivity index (χ1n) is 7.46. The molecule has 114 valence electrons. The molecule has 0 aliphatic carbocycles. The van der Waals surface area contributed by atoms with E-state index in [-0.39, 0.29) is 17.8 Å². The molecule has 1 N–H and O–H groups in total. The fourth-order valence-electron chi connectivity index (χ4n) is 2.54. The van der Waals surface area contributed by atoms with Crippen LogP contribution in [0.5, 0.6) is 0 Å². The van der Waals surface area contributed by atoms with E-state index in [2.05, 4.69) is 11.4 Å². The molecule has 1 aromatic carbocycles. The maximum atomic E-state index is 12.9. The summed E-state index contributed by atoms with van der Waals surface area (Å²) >= 11 is 0. The number of nitriles is 1. The van der Waals surface area contributed by atoms with Gasteiger partial charge in [0.25, 0.3) is 0 Å². The molecule has 0 heterocycles. The van der Waals surface area contributed by atoms with Gasteiger partial charge in [0.2, 0.25) is 5.91 Å². The number of hydrogen-bond donors (Lipinski definition) is 1. The van der Waals surface area contributed by atoms with Crippen LogP contribution in [-0.4, -0.2) is 5.91 Å². The molecule has 1 amide bonds. The van der Waals surface area contributed by atoms with Gasteiger partial charge < -0.3 is 5.32 Å². The average molecular weight is 290 g/mol. The summed E-state index contributed by atoms with van der Waals surface area (Å²) in [6.45, 7) is 5.78. The molecule has 0 radical (unpaired) electrons. The number of rotatable bonds is 7. The van der Waals surface area contributed by atoms with Crippen molar-refractivity contribution in [3.05, 3.63) is 35.6 Å². The van der Waals surface area contributed by atoms with Gasteiger partial charge in [-0.25, -0.2) is 4.39 Å². The quantitative estimate of drug-likeness (QED) is 0.821. The van der Waals surface area contributed by atoms with Crippen molar-refractivity contribution in [1.82, 2.24) is 5.32 Å². The predicted octanol–water partition coefficient (Wildman–Crippen LogP) is 4.11. The molecule has 0 saturated heterocycles. The van der Waals surface area contributed by atoms with Crippen LogP contribution < -0.4 is 5.32 Å². The minimum atomic E-state index is -0.961. The topological polar surface area (TPSA) is 52.9 Å². The summed E-state index contributed by atoms with van der Waals surface area (Å²) in [4.78, 5) is 12.5. The number of carbonyl (C=O) groups excluding carboxylic acids is 1. The van der Waals surface area contributed by atoms with Crippen molar-refractivity contribution in [1.29, 1.82) is 5.26 Å². The van der Waals surface area contributed by atoms with E-state index >= 15 is 0 Å². The van der Waals surface area contributed by atoms with Crippen LogP contribution in [0.2, 0.25) is 0 Å². The number of benzene rings is 1. The van der Waals surface area contributed by atoms with Gasteiger partial charge in [0.05, 0.1) is 12.1 Å². The number of halogens is 1. The molecule has 4 heteroatoms. The summed E-state index contributed by atoms with van der Waals surface area (Å²) in [6, 6.07) is 7.99. The van der Waals surface area contributed by atoms with Gasteiger partial charge in [-0.2, -0.15) is 5.26 Å². The third-order valence-electron chi connectivity index (χ3n) is 3.72. The molecule has 1 atom stereocenters. The number of amides is 1. The molecule has 0 spiro atoms. The van der Waals surface area contributed by atoms with Crippen LogP contribution in [-0.2, 0) is 4.79 Å². The van der Waals surface area contributed by atoms with Gasteiger partial charge in [-0.3, -0.25) is 4.79 Å². The SMILES string of the molecule is CCCC(C#N)(CCC)C(=O)NC(C)c1ccc(F)cc1. The summed E-state index contributed by atoms with van der Waals surface area (Å²) in [6.07, 6.45) is 2.68. The molecule has 0 aromatic heterocycles. The standard InChI is InChI=1S/C17H23FN2O/c1-4-10-17(12-19,11-5-2)16(21)20-13(3)14-6-8-15(18)9-7-14/h6-9,13H,4-5,10-11H2,1-3H3,(H,20,21). The maximum Gasteiger partial charge on any atom is 0.240 e. The number of nitrogens with one attached hydrogen (secondary N) is 1. The third kappa shape index (κ3) is 4.29. The van der Waals surface area contributed by atoms with Crippen molar-refractivity contribution < 1.29 is 9.18 Å². The zero-order chi connectivity index (χ0) is 15.9. The summed E-state index contributed by atoms with van der Waals surface area (Å²) < 4.78 is 12.9. The van der Waals surface area contributed by atoms with Crippen LogP contribution in [0.4, 0.5) is 4.39 Å². The fourth-order valence-corrected chi connectivity index (χ4v) is 2.54. The Morgan fingerprint density at radius 2 is 1.81 bits per heavy atom. The lowest BCUT2D eigenvalue weighted by Gasteiger charge is -2.27. The number of nitrogens with zero attached hydrogens (tertiary/aromatic N) is 1. The molecule has 1 unspecified atom stereocenters. The Bertz CT molecular complexity index is 499. The molecule has 1 rings (SSSR count). The summed E-state index contributed by atoms with van der Waals surface area (Å²) in [5.74, 6) is -0.536. The first-order valence-corrected chi connectivity index (χ1v) is 7.46. The van der Waals surface area contributed by atoms with E-state index in [4.69, 9.17) is 0 Å². The van der Waals surface area contributed by atoms with Crippen molar-refractivity contribution >= 4 is 5.91 Å². The lowest BCUT2D eigenvalue weighted by Crippen LogP contribution is -2.41. The van der Waals surface area contributed by atoms with Crippen LogP contribution in [0.25, 0.3) is 0 Å². The summed E-state index contributed by atoms with van der Waals surface area (Å²) in [5, 5.41) is 12.4. The summed E-state index contributed by atoms with van der Waals surface area (Å²) in [7, 11) is 0. The van der Waals surface area contributed by atoms with Crippen molar-refractivity contribution in [3.63, 3.8) is 0 Å². The van der Waals surface area contributed by atoms with Gasteiger partial charge in [-0.05, 0) is 37.5 Å². The second-order valence-electron chi connectivity index (χ2n) is 5.44. The molecule has 0 bridgehead atoms. The Morgan fingerprint density at radius 3 is 2.24 bits per heavy atom. The Balaban J connectivity index is 2.86. The van der Waals surface area contributed by atoms with E-state index in [1.807, 2.05) is 20.8 Å². The van der Waals surface area contributed by atoms with Crippen molar-refractivity contribution in [2.45, 2.75) is 52.5 Å². The van der Waals surface area contributed by atoms with Gasteiger partial charge in [-0.1, -0.05) is 38.8 Å². The lowest BCUT2D eigenvalue weighted by molar-refractivity contribution is -0.129. The zero-order valence-corrected chi connectivity index (χ0v) is 12.9. The monoisotopic (exact) mass is 290 g/mol. The highest BCUT2D eigenvalue weighted by Gasteiger charge is 2.37. The van der Waals surface area contributed by atoms with E-state index in [1.165, 1.54) is 12.1 Å². The molecule has 1 aromatic rings. The Hall–Kier alpha value is -1.89. The molecule has 0 fully saturated rings. The highest BCUT2D eigenvalue weighted by molar-refractivity contribution is 5.85. The van der Waals surface area contributed by atoms with E-state index in [0.717, 1.165) is 18.4 Å². The fraction of sp³-hybridized carbons (Fsp3) is 0.529. The normalized spacial score (nSPS) is 12.5. The van der Waals surface area contributed by atoms with Crippen LogP contribution in [0, 0.1) is 22.6 Å². The second kappa shape index (κ2) is 7.78. The van der Waals surface area contributed by atoms with Crippen molar-refractivity contribution in [2.24, 2.45) is 5.41 Å². The minimum Gasteiger partial charge on any atom is -0.348 e. The maximum absolute atomic E-state index is 12.9. The van der Waals surface area contributed by atoms with E-state index in [0.29, 0.717) is 12.8 Å². The number of carbonyl (C=O) groups is 1. The van der Waals surface area contributed by atoms with Gasteiger partial charge in [0.15, 0.2) is 0 Å². The largest absolute Gasteiger partial charge is 0.348 e. The van der Waals surface area contributed by atoms with Gasteiger partial charge in [0, 0.05) is 0 Å². The molecular weight excluding hydrogens is 267 g/mol. The Morgan fingerprint density at radius 1 is 1.29 bits per heavy atom. The van der Waals surface area contributed by atoms with Crippen LogP contribution in [0.15, 0.2) is 24.3 Å². The predicted molar refractivity (Wildman–Crippen MR) is 80.8 cm³/mol. The molecular formula is C17H23FN2O. The molecule has 0 aliphatic heterocycles. The highest BCUT2D eigenvalue weighted by Crippen LogP contribution is 2.30. The van der Waals surface area contributed by atoms with E-state index in [9.17, 15) is 14.4 Å². The minimum absolute atomic E-state index is 0.231. The Kier molecular flexibility index (Phi) is 6.36. The van der Waals surface area contributed by atoms with Crippen molar-refractivity contribution in [2.75, 3.05) is 0 Å². The van der Waals surface area contributed by atoms with Crippen molar-refractivity contribution in [3.8, 4) is 6.07 Å². The number of hydrogen-bond acceptors (Lipinski definition) is 2. The van der Waals surface area contributed by atoms with Crippen LogP contribution in [0.1, 0.15) is 58.1 Å². The third-order valence-corrected chi connectivity index (χ3v) is 3.72. The first kappa shape index (κ1) is 17.2. The first-order chi connectivity index (χ1) is 9.99. The van der Waals surface area contributed by atoms with Crippen LogP contribution in [0.3, 0.4) is 0 Å². The smallest absolute Gasteiger partial charge is 0.240 e. The van der Waals surface area contributed by atoms with Gasteiger partial charge in [0.1, 0.15) is 11.2 Å². The lowest BCUT2D eigenvalue weighted by atomic mass is 9.79. The highest BCUT2D eigenvalue weighted by atomic mass is 19.1. The molecule has 21 heavy (non-hydrogen) atoms. The van der Waals surface area contributed by atoms with Gasteiger partial charge in [-0.15, -0.1) is 0 Å². The average Bonchev–Trinajstić information content (AvgIpc) is 2.47. The second-order valence-corrected chi connectivity index (χ2v) is 5.44. The molecule has 3 nitrogen and oxygen atoms in total. The Labute approximate surface area is 126 Å². The van der Waals surface area contributed by atoms with E-state index < -0.39 is 5.41 Å². The molecule has 0 aliphatic rings. The molecule has 0 saturated carbocycles. The summed E-state index contributed by atoms with van der Waals surface area (Å²) in [5.41, 5.74) is -0.137.